The SMILES string of the molecule is COc1ccc2c3c1O[C@H]1[C@@H](O)C=C[C@H]4[C@@H]5N(C)[C@]5(C2)C[C@@]341. The fraction of sp³-hybridized carbons (Fsp3) is 0.556. The monoisotopic (exact) mass is 297 g/mol. The summed E-state index contributed by atoms with van der Waals surface area (Å²) >= 11 is 0. The topological polar surface area (TPSA) is 41.7 Å². The van der Waals surface area contributed by atoms with Gasteiger partial charge in [0.05, 0.1) is 7.11 Å². The third-order valence-corrected chi connectivity index (χ3v) is 7.10. The standard InChI is InChI=1S/C18H19NO3/c1-19-15-10-4-5-11(20)16-18(10)8-17(15,19)7-9-3-6-12(21-2)14(22-16)13(9)18/h3-6,10-11,15-16,20H,7-8H2,1-2H3/t10-,11-,15-,16-,17+,18-,19?/m0/s1. The van der Waals surface area contributed by atoms with E-state index >= 15 is 0 Å². The molecule has 4 nitrogen and oxygen atoms in total. The number of hydrogen-bond donors (Lipinski definition) is 1. The Bertz CT molecular complexity index is 759. The molecule has 1 N–H and O–H groups in total. The minimum absolute atomic E-state index is 0.0528. The molecule has 2 spiro atoms. The van der Waals surface area contributed by atoms with E-state index in [0.717, 1.165) is 24.3 Å². The fourth-order valence-corrected chi connectivity index (χ4v) is 6.33. The van der Waals surface area contributed by atoms with Crippen molar-refractivity contribution in [3.05, 3.63) is 35.4 Å². The Labute approximate surface area is 129 Å². The van der Waals surface area contributed by atoms with Crippen LogP contribution in [0.2, 0.25) is 0 Å². The number of aliphatic hydroxyl groups is 1. The second kappa shape index (κ2) is 3.22. The Morgan fingerprint density at radius 2 is 2.23 bits per heavy atom. The highest BCUT2D eigenvalue weighted by Crippen LogP contribution is 2.74. The lowest BCUT2D eigenvalue weighted by Gasteiger charge is -2.45. The molecule has 114 valence electrons. The smallest absolute Gasteiger partial charge is 0.165 e. The molecule has 1 aromatic carbocycles. The van der Waals surface area contributed by atoms with Crippen molar-refractivity contribution < 1.29 is 14.6 Å². The highest BCUT2D eigenvalue weighted by atomic mass is 16.5. The summed E-state index contributed by atoms with van der Waals surface area (Å²) < 4.78 is 11.8. The quantitative estimate of drug-likeness (QED) is 0.626. The number of fused-ring (bicyclic) bond motifs is 1. The van der Waals surface area contributed by atoms with Gasteiger partial charge in [0.15, 0.2) is 11.5 Å². The summed E-state index contributed by atoms with van der Waals surface area (Å²) in [5.41, 5.74) is 2.95. The van der Waals surface area contributed by atoms with Crippen LogP contribution in [0.25, 0.3) is 0 Å². The lowest BCUT2D eigenvalue weighted by atomic mass is 9.61. The van der Waals surface area contributed by atoms with Crippen LogP contribution in [0.3, 0.4) is 0 Å². The van der Waals surface area contributed by atoms with E-state index < -0.39 is 6.10 Å². The van der Waals surface area contributed by atoms with Gasteiger partial charge in [-0.1, -0.05) is 18.2 Å². The molecule has 7 atom stereocenters. The summed E-state index contributed by atoms with van der Waals surface area (Å²) in [6.45, 7) is 0. The van der Waals surface area contributed by atoms with Gasteiger partial charge in [0.25, 0.3) is 0 Å². The van der Waals surface area contributed by atoms with E-state index in [9.17, 15) is 5.11 Å². The number of rotatable bonds is 1. The number of piperidine rings is 1. The van der Waals surface area contributed by atoms with Gasteiger partial charge >= 0.3 is 0 Å². The maximum absolute atomic E-state index is 10.6. The van der Waals surface area contributed by atoms with Crippen molar-refractivity contribution in [1.82, 2.24) is 4.90 Å². The van der Waals surface area contributed by atoms with Gasteiger partial charge in [0.2, 0.25) is 0 Å². The molecule has 6 rings (SSSR count). The summed E-state index contributed by atoms with van der Waals surface area (Å²) in [7, 11) is 3.94. The number of methoxy groups -OCH3 is 1. The van der Waals surface area contributed by atoms with E-state index in [1.165, 1.54) is 11.1 Å². The van der Waals surface area contributed by atoms with Crippen LogP contribution in [0.15, 0.2) is 24.3 Å². The summed E-state index contributed by atoms with van der Waals surface area (Å²) in [6.07, 6.45) is 5.71. The third-order valence-electron chi connectivity index (χ3n) is 7.10. The maximum atomic E-state index is 10.6. The van der Waals surface area contributed by atoms with Gasteiger partial charge in [0.1, 0.15) is 12.2 Å². The van der Waals surface area contributed by atoms with Crippen molar-refractivity contribution in [2.24, 2.45) is 5.92 Å². The van der Waals surface area contributed by atoms with Gasteiger partial charge in [-0.05, 0) is 31.5 Å². The molecule has 1 aromatic rings. The van der Waals surface area contributed by atoms with Crippen molar-refractivity contribution in [1.29, 1.82) is 0 Å². The van der Waals surface area contributed by atoms with Crippen molar-refractivity contribution in [2.75, 3.05) is 14.2 Å². The molecular weight excluding hydrogens is 278 g/mol. The van der Waals surface area contributed by atoms with Gasteiger partial charge in [-0.3, -0.25) is 4.90 Å². The first-order chi connectivity index (χ1) is 10.6. The van der Waals surface area contributed by atoms with Crippen LogP contribution in [0.5, 0.6) is 11.5 Å². The molecule has 5 aliphatic rings. The van der Waals surface area contributed by atoms with Crippen LogP contribution in [0, 0.1) is 5.92 Å². The molecule has 4 heteroatoms. The summed E-state index contributed by atoms with van der Waals surface area (Å²) in [4.78, 5) is 2.53. The first-order valence-corrected chi connectivity index (χ1v) is 8.10. The molecule has 1 saturated carbocycles. The predicted molar refractivity (Wildman–Crippen MR) is 80.3 cm³/mol. The highest BCUT2D eigenvalue weighted by molar-refractivity contribution is 5.65. The van der Waals surface area contributed by atoms with Crippen molar-refractivity contribution in [2.45, 2.75) is 42.0 Å². The van der Waals surface area contributed by atoms with Gasteiger partial charge in [-0.25, -0.2) is 0 Å². The van der Waals surface area contributed by atoms with E-state index in [0.29, 0.717) is 12.0 Å². The fourth-order valence-electron chi connectivity index (χ4n) is 6.33. The Morgan fingerprint density at radius 3 is 3.05 bits per heavy atom. The van der Waals surface area contributed by atoms with Gasteiger partial charge in [-0.15, -0.1) is 0 Å². The number of benzene rings is 1. The molecule has 0 amide bonds. The largest absolute Gasteiger partial charge is 0.493 e. The number of nitrogens with zero attached hydrogens (tertiary/aromatic N) is 1. The zero-order valence-electron chi connectivity index (χ0n) is 12.7. The molecule has 1 saturated heterocycles. The van der Waals surface area contributed by atoms with E-state index in [4.69, 9.17) is 9.47 Å². The number of hydrogen-bond acceptors (Lipinski definition) is 4. The first kappa shape index (κ1) is 12.0. The molecule has 3 aliphatic carbocycles. The number of ether oxygens (including phenoxy) is 2. The number of likely N-dealkylation sites (tertiary alicyclic amines) is 1. The normalized spacial score (nSPS) is 51.1. The van der Waals surface area contributed by atoms with Crippen LogP contribution < -0.4 is 9.47 Å². The summed E-state index contributed by atoms with van der Waals surface area (Å²) in [6, 6.07) is 4.82. The Morgan fingerprint density at radius 1 is 1.36 bits per heavy atom. The minimum atomic E-state index is -0.529. The number of aliphatic hydroxyl groups excluding tert-OH is 1. The van der Waals surface area contributed by atoms with E-state index in [1.807, 2.05) is 12.1 Å². The average Bonchev–Trinajstić information content (AvgIpc) is 2.85. The maximum Gasteiger partial charge on any atom is 0.165 e. The molecule has 0 radical (unpaired) electrons. The Balaban J connectivity index is 1.69. The van der Waals surface area contributed by atoms with Gasteiger partial charge in [-0.2, -0.15) is 0 Å². The molecule has 22 heavy (non-hydrogen) atoms. The molecular formula is C18H19NO3. The second-order valence-corrected chi connectivity index (χ2v) is 7.62. The second-order valence-electron chi connectivity index (χ2n) is 7.62. The molecule has 2 heterocycles. The Hall–Kier alpha value is -1.52. The minimum Gasteiger partial charge on any atom is -0.493 e. The van der Waals surface area contributed by atoms with Crippen LogP contribution in [0.4, 0.5) is 0 Å². The van der Waals surface area contributed by atoms with Crippen molar-refractivity contribution in [3.63, 3.8) is 0 Å². The molecule has 0 aromatic heterocycles. The first-order valence-electron chi connectivity index (χ1n) is 8.10. The Kier molecular flexibility index (Phi) is 1.75. The zero-order valence-corrected chi connectivity index (χ0v) is 12.7. The summed E-state index contributed by atoms with van der Waals surface area (Å²) in [5.74, 6) is 2.13. The van der Waals surface area contributed by atoms with Crippen LogP contribution >= 0.6 is 0 Å². The third kappa shape index (κ3) is 0.941. The van der Waals surface area contributed by atoms with Crippen LogP contribution in [-0.4, -0.2) is 48.0 Å². The van der Waals surface area contributed by atoms with Crippen LogP contribution in [0.1, 0.15) is 17.5 Å². The molecule has 1 unspecified atom stereocenters. The van der Waals surface area contributed by atoms with Gasteiger partial charge in [0, 0.05) is 28.5 Å². The zero-order chi connectivity index (χ0) is 14.9. The van der Waals surface area contributed by atoms with Crippen molar-refractivity contribution >= 4 is 0 Å². The van der Waals surface area contributed by atoms with E-state index in [1.54, 1.807) is 7.11 Å². The average molecular weight is 297 g/mol. The van der Waals surface area contributed by atoms with E-state index in [-0.39, 0.29) is 17.1 Å². The predicted octanol–water partition coefficient (Wildman–Crippen LogP) is 1.25. The molecule has 2 bridgehead atoms. The molecule has 2 aliphatic heterocycles. The molecule has 2 fully saturated rings. The number of likely N-dealkylation sites (N-methyl/N-ethyl adjacent to an activating group) is 1. The summed E-state index contributed by atoms with van der Waals surface area (Å²) in [5, 5.41) is 10.6. The van der Waals surface area contributed by atoms with E-state index in [2.05, 4.69) is 24.1 Å². The van der Waals surface area contributed by atoms with Gasteiger partial charge < -0.3 is 14.6 Å². The lowest BCUT2D eigenvalue weighted by Crippen LogP contribution is -2.54. The highest BCUT2D eigenvalue weighted by Gasteiger charge is 2.81. The van der Waals surface area contributed by atoms with Crippen molar-refractivity contribution in [3.8, 4) is 11.5 Å². The lowest BCUT2D eigenvalue weighted by molar-refractivity contribution is 0.00115. The van der Waals surface area contributed by atoms with Crippen LogP contribution in [-0.2, 0) is 11.8 Å².